The second-order valence-electron chi connectivity index (χ2n) is 18.9. The van der Waals surface area contributed by atoms with Gasteiger partial charge in [0.1, 0.15) is 24.5 Å². The van der Waals surface area contributed by atoms with Crippen molar-refractivity contribution in [1.29, 1.82) is 0 Å². The zero-order valence-electron chi connectivity index (χ0n) is 38.2. The Bertz CT molecular complexity index is 1930. The number of nitrogens with zero attached hydrogens (tertiary/aromatic N) is 4. The number of esters is 1. The fourth-order valence-electron chi connectivity index (χ4n) is 10.8. The van der Waals surface area contributed by atoms with Crippen molar-refractivity contribution >= 4 is 23.5 Å². The number of aliphatic hydroxyl groups is 1. The number of carbonyl (C=O) groups is 2. The first-order valence-corrected chi connectivity index (χ1v) is 22.5. The van der Waals surface area contributed by atoms with Crippen LogP contribution in [0.1, 0.15) is 80.2 Å². The molecular weight excluding hydrogens is 793 g/mol. The molecule has 2 aromatic carbocycles. The molecule has 14 atom stereocenters. The third-order valence-corrected chi connectivity index (χ3v) is 14.0. The normalized spacial score (nSPS) is 38.9. The number of hydrogen-bond donors (Lipinski definition) is 1. The molecule has 4 saturated heterocycles. The van der Waals surface area contributed by atoms with E-state index in [9.17, 15) is 14.7 Å². The van der Waals surface area contributed by atoms with Crippen molar-refractivity contribution in [3.8, 4) is 11.1 Å². The van der Waals surface area contributed by atoms with E-state index in [1.54, 1.807) is 11.8 Å². The number of aliphatic imine (C=N–C) groups is 1. The summed E-state index contributed by atoms with van der Waals surface area (Å²) in [5.41, 5.74) is 2.38. The molecule has 0 saturated carbocycles. The minimum atomic E-state index is -1.13. The smallest absolute Gasteiger partial charge is 0.410 e. The highest BCUT2D eigenvalue weighted by atomic mass is 16.7. The summed E-state index contributed by atoms with van der Waals surface area (Å²) in [5, 5.41) is 16.4. The van der Waals surface area contributed by atoms with Crippen LogP contribution in [0.4, 0.5) is 4.79 Å². The number of rotatable bonds is 8. The summed E-state index contributed by atoms with van der Waals surface area (Å²) in [7, 11) is 3.88. The lowest BCUT2D eigenvalue weighted by Gasteiger charge is -2.48. The van der Waals surface area contributed by atoms with Gasteiger partial charge in [-0.25, -0.2) is 4.79 Å². The predicted molar refractivity (Wildman–Crippen MR) is 235 cm³/mol. The van der Waals surface area contributed by atoms with Crippen molar-refractivity contribution in [2.75, 3.05) is 40.4 Å². The number of likely N-dealkylation sites (N-methyl/N-ethyl adjacent to an activating group) is 1. The first kappa shape index (κ1) is 46.1. The lowest BCUT2D eigenvalue weighted by atomic mass is 9.72. The van der Waals surface area contributed by atoms with E-state index >= 15 is 0 Å². The van der Waals surface area contributed by atoms with Crippen LogP contribution < -0.4 is 0 Å². The summed E-state index contributed by atoms with van der Waals surface area (Å²) in [6.45, 7) is 16.9. The highest BCUT2D eigenvalue weighted by Gasteiger charge is 2.60. The highest BCUT2D eigenvalue weighted by molar-refractivity contribution is 5.91. The predicted octanol–water partition coefficient (Wildman–Crippen LogP) is 6.52. The van der Waals surface area contributed by atoms with Crippen molar-refractivity contribution in [2.45, 2.75) is 141 Å². The van der Waals surface area contributed by atoms with Gasteiger partial charge in [-0.05, 0) is 83.7 Å². The Hall–Kier alpha value is -3.92. The van der Waals surface area contributed by atoms with E-state index in [0.29, 0.717) is 38.1 Å². The largest absolute Gasteiger partial charge is 0.458 e. The summed E-state index contributed by atoms with van der Waals surface area (Å²) < 4.78 is 40.0. The Labute approximate surface area is 367 Å². The van der Waals surface area contributed by atoms with Crippen LogP contribution in [-0.2, 0) is 44.7 Å². The second kappa shape index (κ2) is 19.0. The zero-order valence-corrected chi connectivity index (χ0v) is 38.2. The molecule has 5 heterocycles. The van der Waals surface area contributed by atoms with Gasteiger partial charge in [0, 0.05) is 30.1 Å². The standard InChI is InChI=1S/C48H68N4O10/c1-11-38-48(8)42-30(4)39(49-21-22-52(42)46(55)62-48)28(2)24-47(7)43(61-45-40(53)37(51(9)10)23-29(3)59-45)31(5)41(32(6)44(54)60-38)56-26-36(27-57-47)50-58-25-33-17-19-35(20-18-33)34-15-13-12-14-16-34/h12-20,28-32,37-38,40-43,45,53H,11,21-27H2,1-10H3/b50-36+/t28-,29+,30+,31+,32-,37-,38-,40+,41+,42-,43-,45-,47-,48-/m1/s1. The third kappa shape index (κ3) is 9.32. The van der Waals surface area contributed by atoms with Crippen molar-refractivity contribution in [3.63, 3.8) is 0 Å². The number of fused-ring (bicyclic) bond motifs is 4. The number of ether oxygens (including phenoxy) is 6. The Kier molecular flexibility index (Phi) is 14.2. The number of aliphatic hydroxyl groups excluding tert-OH is 1. The lowest BCUT2D eigenvalue weighted by Crippen LogP contribution is -2.60. The maximum Gasteiger partial charge on any atom is 0.410 e. The monoisotopic (exact) mass is 860 g/mol. The van der Waals surface area contributed by atoms with Gasteiger partial charge >= 0.3 is 12.1 Å². The van der Waals surface area contributed by atoms with Crippen LogP contribution in [0, 0.1) is 23.7 Å². The van der Waals surface area contributed by atoms with Gasteiger partial charge in [-0.15, -0.1) is 0 Å². The zero-order chi connectivity index (χ0) is 44.5. The van der Waals surface area contributed by atoms with Crippen LogP contribution in [-0.4, -0.2) is 139 Å². The van der Waals surface area contributed by atoms with Crippen LogP contribution in [0.15, 0.2) is 64.7 Å². The van der Waals surface area contributed by atoms with Crippen molar-refractivity contribution < 1.29 is 48.0 Å². The quantitative estimate of drug-likeness (QED) is 0.229. The molecule has 14 heteroatoms. The molecule has 4 bridgehead atoms. The molecule has 7 rings (SSSR count). The van der Waals surface area contributed by atoms with Crippen LogP contribution >= 0.6 is 0 Å². The summed E-state index contributed by atoms with van der Waals surface area (Å²) in [6, 6.07) is 17.7. The van der Waals surface area contributed by atoms with Crippen molar-refractivity contribution in [1.82, 2.24) is 9.80 Å². The number of benzene rings is 2. The summed E-state index contributed by atoms with van der Waals surface area (Å²) in [4.78, 5) is 43.1. The Morgan fingerprint density at radius 2 is 1.68 bits per heavy atom. The molecule has 0 unspecified atom stereocenters. The third-order valence-electron chi connectivity index (χ3n) is 14.0. The molecule has 0 radical (unpaired) electrons. The van der Waals surface area contributed by atoms with Gasteiger partial charge in [0.2, 0.25) is 0 Å². The summed E-state index contributed by atoms with van der Waals surface area (Å²) >= 11 is 0. The summed E-state index contributed by atoms with van der Waals surface area (Å²) in [5.74, 6) is -2.23. The van der Waals surface area contributed by atoms with Crippen molar-refractivity contribution in [3.05, 3.63) is 60.2 Å². The first-order chi connectivity index (χ1) is 29.5. The molecule has 14 nitrogen and oxygen atoms in total. The van der Waals surface area contributed by atoms with Crippen LogP contribution in [0.3, 0.4) is 0 Å². The number of hydrogen-bond acceptors (Lipinski definition) is 13. The number of carbonyl (C=O) groups excluding carboxylic acids is 2. The Balaban J connectivity index is 1.27. The molecule has 340 valence electrons. The molecule has 1 amide bonds. The maximum atomic E-state index is 14.6. The van der Waals surface area contributed by atoms with E-state index in [0.717, 1.165) is 22.4 Å². The SMILES string of the molecule is CC[C@H]1OC(=O)[C@H](C)[C@H]2OC/C(=N\OCc3ccc(-c4ccccc4)cc3)CO[C@](C)(C[C@@H](C)C3=NCCN4C(=O)O[C@@]1(C)[C@H]4[C@H]3C)[C@H](O[C@H]1O[C@@H](C)C[C@@H](N(C)C)[C@@H]1O)[C@H]2C. The van der Waals surface area contributed by atoms with E-state index < -0.39 is 71.8 Å². The average Bonchev–Trinajstić information content (AvgIpc) is 3.39. The fourth-order valence-corrected chi connectivity index (χ4v) is 10.8. The van der Waals surface area contributed by atoms with Gasteiger partial charge < -0.3 is 43.3 Å². The van der Waals surface area contributed by atoms with Crippen LogP contribution in [0.5, 0.6) is 0 Å². The molecule has 62 heavy (non-hydrogen) atoms. The van der Waals surface area contributed by atoms with E-state index in [1.807, 2.05) is 83.9 Å². The molecule has 0 aliphatic carbocycles. The minimum absolute atomic E-state index is 0.00747. The Morgan fingerprint density at radius 3 is 2.37 bits per heavy atom. The number of oxime groups is 1. The molecule has 2 aromatic rings. The minimum Gasteiger partial charge on any atom is -0.458 e. The molecule has 1 N–H and O–H groups in total. The van der Waals surface area contributed by atoms with Gasteiger partial charge in [0.25, 0.3) is 0 Å². The van der Waals surface area contributed by atoms with Gasteiger partial charge in [-0.3, -0.25) is 14.7 Å². The van der Waals surface area contributed by atoms with E-state index in [2.05, 4.69) is 43.3 Å². The number of cyclic esters (lactones) is 1. The first-order valence-electron chi connectivity index (χ1n) is 22.5. The average molecular weight is 861 g/mol. The van der Waals surface area contributed by atoms with E-state index in [4.69, 9.17) is 38.3 Å². The van der Waals surface area contributed by atoms with Gasteiger partial charge in [-0.2, -0.15) is 0 Å². The Morgan fingerprint density at radius 1 is 0.968 bits per heavy atom. The molecular formula is C48H68N4O10. The van der Waals surface area contributed by atoms with Gasteiger partial charge in [0.15, 0.2) is 11.9 Å². The molecule has 5 aliphatic heterocycles. The highest BCUT2D eigenvalue weighted by Crippen LogP contribution is 2.45. The second-order valence-corrected chi connectivity index (χ2v) is 18.9. The van der Waals surface area contributed by atoms with Crippen LogP contribution in [0.25, 0.3) is 11.1 Å². The van der Waals surface area contributed by atoms with E-state index in [-0.39, 0.29) is 43.8 Å². The number of amides is 1. The van der Waals surface area contributed by atoms with Crippen molar-refractivity contribution in [2.24, 2.45) is 33.8 Å². The fraction of sp³-hybridized carbons (Fsp3) is 0.667. The van der Waals surface area contributed by atoms with Gasteiger partial charge in [0.05, 0.1) is 55.6 Å². The topological polar surface area (TPSA) is 150 Å². The summed E-state index contributed by atoms with van der Waals surface area (Å²) in [6.07, 6.45) is -3.41. The molecule has 0 aromatic heterocycles. The molecule has 5 aliphatic rings. The maximum absolute atomic E-state index is 14.6. The van der Waals surface area contributed by atoms with E-state index in [1.165, 1.54) is 0 Å². The van der Waals surface area contributed by atoms with Crippen LogP contribution in [0.2, 0.25) is 0 Å². The molecule has 4 fully saturated rings. The lowest BCUT2D eigenvalue weighted by molar-refractivity contribution is -0.302. The molecule has 0 spiro atoms. The van der Waals surface area contributed by atoms with Gasteiger partial charge in [-0.1, -0.05) is 87.4 Å².